The number of hydrogen-bond donors (Lipinski definition) is 1. The van der Waals surface area contributed by atoms with E-state index in [1.54, 1.807) is 6.07 Å². The van der Waals surface area contributed by atoms with Crippen molar-refractivity contribution in [3.63, 3.8) is 0 Å². The lowest BCUT2D eigenvalue weighted by Crippen LogP contribution is -2.00. The van der Waals surface area contributed by atoms with Gasteiger partial charge in [0.1, 0.15) is 5.69 Å². The lowest BCUT2D eigenvalue weighted by Gasteiger charge is -2.04. The van der Waals surface area contributed by atoms with Crippen molar-refractivity contribution in [1.82, 2.24) is 4.98 Å². The maximum atomic E-state index is 10.8. The summed E-state index contributed by atoms with van der Waals surface area (Å²) in [5, 5.41) is 9.84. The van der Waals surface area contributed by atoms with E-state index in [4.69, 9.17) is 5.11 Å². The first-order chi connectivity index (χ1) is 7.09. The largest absolute Gasteiger partial charge is 0.477 e. The fourth-order valence-electron chi connectivity index (χ4n) is 1.44. The maximum Gasteiger partial charge on any atom is 0.354 e. The topological polar surface area (TPSA) is 50.2 Å². The number of aryl methyl sites for hydroxylation is 1. The van der Waals surface area contributed by atoms with E-state index in [9.17, 15) is 4.79 Å². The molecule has 4 heteroatoms. The average Bonchev–Trinajstić information content (AvgIpc) is 2.23. The van der Waals surface area contributed by atoms with Gasteiger partial charge in [0.15, 0.2) is 0 Å². The molecule has 0 aliphatic rings. The molecule has 3 nitrogen and oxygen atoms in total. The standard InChI is InChI=1S/C11H8INO2/c1-6-2-4-8(12)7-3-5-9(11(14)15)13-10(6)7/h2-5H,1H3,(H,14,15). The van der Waals surface area contributed by atoms with Crippen molar-refractivity contribution in [2.75, 3.05) is 0 Å². The molecule has 0 amide bonds. The fraction of sp³-hybridized carbons (Fsp3) is 0.0909. The second kappa shape index (κ2) is 3.77. The Hall–Kier alpha value is -1.17. The molecule has 1 aromatic heterocycles. The van der Waals surface area contributed by atoms with Crippen molar-refractivity contribution in [2.45, 2.75) is 6.92 Å². The molecule has 1 aromatic carbocycles. The fourth-order valence-corrected chi connectivity index (χ4v) is 2.05. The van der Waals surface area contributed by atoms with Crippen molar-refractivity contribution in [3.05, 3.63) is 39.1 Å². The number of carbonyl (C=O) groups is 1. The van der Waals surface area contributed by atoms with Crippen LogP contribution in [-0.2, 0) is 0 Å². The molecule has 0 unspecified atom stereocenters. The van der Waals surface area contributed by atoms with Crippen LogP contribution in [0.5, 0.6) is 0 Å². The van der Waals surface area contributed by atoms with Crippen LogP contribution < -0.4 is 0 Å². The summed E-state index contributed by atoms with van der Waals surface area (Å²) in [6.45, 7) is 1.93. The Kier molecular flexibility index (Phi) is 2.60. The van der Waals surface area contributed by atoms with Crippen LogP contribution in [0.15, 0.2) is 24.3 Å². The summed E-state index contributed by atoms with van der Waals surface area (Å²) in [6.07, 6.45) is 0. The van der Waals surface area contributed by atoms with Crippen LogP contribution in [0.2, 0.25) is 0 Å². The lowest BCUT2D eigenvalue weighted by atomic mass is 10.1. The van der Waals surface area contributed by atoms with Gasteiger partial charge in [0.2, 0.25) is 0 Å². The van der Waals surface area contributed by atoms with Gasteiger partial charge >= 0.3 is 5.97 Å². The van der Waals surface area contributed by atoms with Crippen LogP contribution in [0.1, 0.15) is 16.1 Å². The van der Waals surface area contributed by atoms with Crippen LogP contribution in [-0.4, -0.2) is 16.1 Å². The third kappa shape index (κ3) is 1.81. The molecular formula is C11H8INO2. The van der Waals surface area contributed by atoms with E-state index >= 15 is 0 Å². The number of pyridine rings is 1. The van der Waals surface area contributed by atoms with Gasteiger partial charge in [-0.25, -0.2) is 9.78 Å². The van der Waals surface area contributed by atoms with E-state index in [1.807, 2.05) is 19.1 Å². The van der Waals surface area contributed by atoms with Gasteiger partial charge in [-0.1, -0.05) is 6.07 Å². The van der Waals surface area contributed by atoms with Gasteiger partial charge in [-0.2, -0.15) is 0 Å². The number of halogens is 1. The van der Waals surface area contributed by atoms with E-state index in [0.717, 1.165) is 20.0 Å². The molecule has 0 aliphatic heterocycles. The molecule has 0 bridgehead atoms. The molecule has 0 aliphatic carbocycles. The predicted octanol–water partition coefficient (Wildman–Crippen LogP) is 2.85. The van der Waals surface area contributed by atoms with Crippen LogP contribution in [0.4, 0.5) is 0 Å². The monoisotopic (exact) mass is 313 g/mol. The summed E-state index contributed by atoms with van der Waals surface area (Å²) in [4.78, 5) is 14.9. The second-order valence-corrected chi connectivity index (χ2v) is 4.42. The third-order valence-electron chi connectivity index (χ3n) is 2.22. The second-order valence-electron chi connectivity index (χ2n) is 3.26. The highest BCUT2D eigenvalue weighted by Crippen LogP contribution is 2.22. The minimum Gasteiger partial charge on any atom is -0.477 e. The van der Waals surface area contributed by atoms with Crippen molar-refractivity contribution in [1.29, 1.82) is 0 Å². The minimum absolute atomic E-state index is 0.0904. The first-order valence-electron chi connectivity index (χ1n) is 4.39. The molecule has 1 N–H and O–H groups in total. The molecule has 15 heavy (non-hydrogen) atoms. The molecule has 0 saturated carbocycles. The smallest absolute Gasteiger partial charge is 0.354 e. The van der Waals surface area contributed by atoms with E-state index < -0.39 is 5.97 Å². The number of rotatable bonds is 1. The molecule has 76 valence electrons. The van der Waals surface area contributed by atoms with Crippen LogP contribution in [0, 0.1) is 10.5 Å². The maximum absolute atomic E-state index is 10.8. The van der Waals surface area contributed by atoms with Crippen LogP contribution >= 0.6 is 22.6 Å². The Morgan fingerprint density at radius 1 is 1.33 bits per heavy atom. The van der Waals surface area contributed by atoms with Crippen LogP contribution in [0.25, 0.3) is 10.9 Å². The number of nitrogens with zero attached hydrogens (tertiary/aromatic N) is 1. The third-order valence-corrected chi connectivity index (χ3v) is 3.17. The van der Waals surface area contributed by atoms with E-state index in [2.05, 4.69) is 27.6 Å². The Bertz CT molecular complexity index is 552. The molecule has 1 heterocycles. The molecule has 0 fully saturated rings. The Morgan fingerprint density at radius 2 is 2.07 bits per heavy atom. The van der Waals surface area contributed by atoms with Crippen molar-refractivity contribution >= 4 is 39.5 Å². The first kappa shape index (κ1) is 10.4. The Balaban J connectivity index is 2.81. The number of aromatic nitrogens is 1. The van der Waals surface area contributed by atoms with E-state index in [1.165, 1.54) is 6.07 Å². The van der Waals surface area contributed by atoms with Gasteiger partial charge in [-0.05, 0) is 53.3 Å². The molecule has 2 aromatic rings. The normalized spacial score (nSPS) is 10.5. The quantitative estimate of drug-likeness (QED) is 0.824. The van der Waals surface area contributed by atoms with Gasteiger partial charge in [-0.3, -0.25) is 0 Å². The van der Waals surface area contributed by atoms with Gasteiger partial charge < -0.3 is 5.11 Å². The van der Waals surface area contributed by atoms with Crippen molar-refractivity contribution in [2.24, 2.45) is 0 Å². The number of aromatic carboxylic acids is 1. The summed E-state index contributed by atoms with van der Waals surface area (Å²) in [5.74, 6) is -0.991. The number of benzene rings is 1. The van der Waals surface area contributed by atoms with E-state index in [0.29, 0.717) is 0 Å². The van der Waals surface area contributed by atoms with Crippen LogP contribution in [0.3, 0.4) is 0 Å². The summed E-state index contributed by atoms with van der Waals surface area (Å²) in [7, 11) is 0. The first-order valence-corrected chi connectivity index (χ1v) is 5.46. The summed E-state index contributed by atoms with van der Waals surface area (Å²) >= 11 is 2.22. The number of hydrogen-bond acceptors (Lipinski definition) is 2. The molecule has 0 saturated heterocycles. The van der Waals surface area contributed by atoms with E-state index in [-0.39, 0.29) is 5.69 Å². The molecule has 2 rings (SSSR count). The Morgan fingerprint density at radius 3 is 2.73 bits per heavy atom. The van der Waals surface area contributed by atoms with Gasteiger partial charge in [0, 0.05) is 8.96 Å². The van der Waals surface area contributed by atoms with Crippen molar-refractivity contribution in [3.8, 4) is 0 Å². The summed E-state index contributed by atoms with van der Waals surface area (Å²) < 4.78 is 1.08. The Labute approximate surface area is 100 Å². The lowest BCUT2D eigenvalue weighted by molar-refractivity contribution is 0.0691. The summed E-state index contributed by atoms with van der Waals surface area (Å²) in [6, 6.07) is 7.29. The highest BCUT2D eigenvalue weighted by molar-refractivity contribution is 14.1. The highest BCUT2D eigenvalue weighted by atomic mass is 127. The van der Waals surface area contributed by atoms with Crippen molar-refractivity contribution < 1.29 is 9.90 Å². The number of fused-ring (bicyclic) bond motifs is 1. The molecular weight excluding hydrogens is 305 g/mol. The summed E-state index contributed by atoms with van der Waals surface area (Å²) in [5.41, 5.74) is 1.85. The zero-order valence-electron chi connectivity index (χ0n) is 7.99. The highest BCUT2D eigenvalue weighted by Gasteiger charge is 2.08. The SMILES string of the molecule is Cc1ccc(I)c2ccc(C(=O)O)nc12. The molecule has 0 atom stereocenters. The predicted molar refractivity (Wildman–Crippen MR) is 66.2 cm³/mol. The number of carboxylic acids is 1. The average molecular weight is 313 g/mol. The molecule has 0 radical (unpaired) electrons. The minimum atomic E-state index is -0.991. The zero-order valence-corrected chi connectivity index (χ0v) is 10.1. The van der Waals surface area contributed by atoms with Gasteiger partial charge in [0.05, 0.1) is 5.52 Å². The van der Waals surface area contributed by atoms with Gasteiger partial charge in [-0.15, -0.1) is 0 Å². The molecule has 0 spiro atoms. The zero-order chi connectivity index (χ0) is 11.0. The number of carboxylic acid groups (broad SMARTS) is 1. The van der Waals surface area contributed by atoms with Gasteiger partial charge in [0.25, 0.3) is 0 Å².